The average Bonchev–Trinajstić information content (AvgIpc) is 2.49. The highest BCUT2D eigenvalue weighted by atomic mass is 15.1. The minimum Gasteiger partial charge on any atom is -0.314 e. The summed E-state index contributed by atoms with van der Waals surface area (Å²) in [5.74, 6) is 0.825. The summed E-state index contributed by atoms with van der Waals surface area (Å²) in [5, 5.41) is 3.68. The monoisotopic (exact) mass is 275 g/mol. The molecule has 2 atom stereocenters. The standard InChI is InChI=1S/C17H29N3/c1-3-19-17-7-5-4-6-16(17)14-20(2)13-10-15-8-11-18-12-9-15/h8-9,11-12,16-17,19H,3-7,10,13-14H2,1-2H3. The molecule has 2 unspecified atom stereocenters. The van der Waals surface area contributed by atoms with Gasteiger partial charge in [0.05, 0.1) is 0 Å². The zero-order valence-electron chi connectivity index (χ0n) is 13.0. The van der Waals surface area contributed by atoms with E-state index < -0.39 is 0 Å². The second-order valence-corrected chi connectivity index (χ2v) is 6.08. The predicted molar refractivity (Wildman–Crippen MR) is 84.9 cm³/mol. The van der Waals surface area contributed by atoms with E-state index in [4.69, 9.17) is 0 Å². The first-order valence-electron chi connectivity index (χ1n) is 8.10. The normalized spacial score (nSPS) is 23.1. The van der Waals surface area contributed by atoms with Gasteiger partial charge in [-0.25, -0.2) is 0 Å². The highest BCUT2D eigenvalue weighted by molar-refractivity contribution is 5.09. The van der Waals surface area contributed by atoms with Crippen molar-refractivity contribution in [2.24, 2.45) is 5.92 Å². The molecule has 1 aliphatic carbocycles. The van der Waals surface area contributed by atoms with Crippen molar-refractivity contribution in [3.05, 3.63) is 30.1 Å². The van der Waals surface area contributed by atoms with E-state index >= 15 is 0 Å². The Hall–Kier alpha value is -0.930. The maximum absolute atomic E-state index is 4.07. The number of hydrogen-bond donors (Lipinski definition) is 1. The van der Waals surface area contributed by atoms with E-state index in [1.165, 1.54) is 37.8 Å². The third-order valence-electron chi connectivity index (χ3n) is 4.45. The van der Waals surface area contributed by atoms with Gasteiger partial charge in [0.25, 0.3) is 0 Å². The molecule has 0 radical (unpaired) electrons. The minimum atomic E-state index is 0.733. The molecule has 2 rings (SSSR count). The van der Waals surface area contributed by atoms with E-state index in [9.17, 15) is 0 Å². The lowest BCUT2D eigenvalue weighted by Gasteiger charge is -2.35. The van der Waals surface area contributed by atoms with Crippen LogP contribution in [0.1, 0.15) is 38.2 Å². The Labute approximate surface area is 123 Å². The number of likely N-dealkylation sites (N-methyl/N-ethyl adjacent to an activating group) is 1. The number of aromatic nitrogens is 1. The minimum absolute atomic E-state index is 0.733. The second kappa shape index (κ2) is 8.38. The predicted octanol–water partition coefficient (Wildman–Crippen LogP) is 2.72. The Morgan fingerprint density at radius 1 is 1.25 bits per heavy atom. The first-order valence-corrected chi connectivity index (χ1v) is 8.10. The Bertz CT molecular complexity index is 364. The van der Waals surface area contributed by atoms with Crippen molar-refractivity contribution >= 4 is 0 Å². The van der Waals surface area contributed by atoms with Gasteiger partial charge in [-0.05, 0) is 56.5 Å². The molecule has 0 spiro atoms. The Morgan fingerprint density at radius 2 is 2.00 bits per heavy atom. The largest absolute Gasteiger partial charge is 0.314 e. The van der Waals surface area contributed by atoms with Crippen molar-refractivity contribution in [3.8, 4) is 0 Å². The Kier molecular flexibility index (Phi) is 6.48. The molecule has 1 N–H and O–H groups in total. The summed E-state index contributed by atoms with van der Waals surface area (Å²) in [6.07, 6.45) is 10.4. The van der Waals surface area contributed by atoms with Gasteiger partial charge in [-0.3, -0.25) is 4.98 Å². The van der Waals surface area contributed by atoms with Gasteiger partial charge in [0.15, 0.2) is 0 Å². The molecule has 0 saturated heterocycles. The first kappa shape index (κ1) is 15.5. The quantitative estimate of drug-likeness (QED) is 0.829. The topological polar surface area (TPSA) is 28.2 Å². The van der Waals surface area contributed by atoms with Crippen LogP contribution in [0.2, 0.25) is 0 Å². The lowest BCUT2D eigenvalue weighted by Crippen LogP contribution is -2.43. The molecule has 112 valence electrons. The smallest absolute Gasteiger partial charge is 0.0270 e. The van der Waals surface area contributed by atoms with Crippen LogP contribution < -0.4 is 5.32 Å². The fourth-order valence-electron chi connectivity index (χ4n) is 3.32. The van der Waals surface area contributed by atoms with E-state index in [-0.39, 0.29) is 0 Å². The van der Waals surface area contributed by atoms with E-state index in [2.05, 4.69) is 41.3 Å². The molecule has 0 bridgehead atoms. The van der Waals surface area contributed by atoms with Gasteiger partial charge in [-0.15, -0.1) is 0 Å². The summed E-state index contributed by atoms with van der Waals surface area (Å²) < 4.78 is 0. The molecule has 1 heterocycles. The summed E-state index contributed by atoms with van der Waals surface area (Å²) in [4.78, 5) is 6.58. The summed E-state index contributed by atoms with van der Waals surface area (Å²) in [6, 6.07) is 4.98. The zero-order valence-corrected chi connectivity index (χ0v) is 13.0. The van der Waals surface area contributed by atoms with E-state index in [0.717, 1.165) is 31.5 Å². The molecule has 0 aliphatic heterocycles. The SMILES string of the molecule is CCNC1CCCCC1CN(C)CCc1ccncc1. The van der Waals surface area contributed by atoms with Crippen molar-refractivity contribution in [2.75, 3.05) is 26.7 Å². The van der Waals surface area contributed by atoms with Gasteiger partial charge >= 0.3 is 0 Å². The molecule has 0 aromatic carbocycles. The Balaban J connectivity index is 1.76. The number of pyridine rings is 1. The van der Waals surface area contributed by atoms with Crippen LogP contribution >= 0.6 is 0 Å². The van der Waals surface area contributed by atoms with Crippen LogP contribution in [0.4, 0.5) is 0 Å². The average molecular weight is 275 g/mol. The molecule has 1 saturated carbocycles. The van der Waals surface area contributed by atoms with E-state index in [0.29, 0.717) is 0 Å². The maximum atomic E-state index is 4.07. The molecule has 3 heteroatoms. The molecule has 1 aromatic rings. The number of hydrogen-bond acceptors (Lipinski definition) is 3. The van der Waals surface area contributed by atoms with Crippen LogP contribution in [0.5, 0.6) is 0 Å². The molecule has 3 nitrogen and oxygen atoms in total. The van der Waals surface area contributed by atoms with E-state index in [1.54, 1.807) is 0 Å². The highest BCUT2D eigenvalue weighted by Crippen LogP contribution is 2.25. The first-order chi connectivity index (χ1) is 9.79. The summed E-state index contributed by atoms with van der Waals surface area (Å²) >= 11 is 0. The maximum Gasteiger partial charge on any atom is 0.0270 e. The zero-order chi connectivity index (χ0) is 14.2. The van der Waals surface area contributed by atoms with Gasteiger partial charge in [-0.1, -0.05) is 19.8 Å². The molecule has 1 aromatic heterocycles. The second-order valence-electron chi connectivity index (χ2n) is 6.08. The molecule has 20 heavy (non-hydrogen) atoms. The van der Waals surface area contributed by atoms with Crippen LogP contribution in [-0.2, 0) is 6.42 Å². The molecule has 1 fully saturated rings. The third kappa shape index (κ3) is 4.88. The van der Waals surface area contributed by atoms with Gasteiger partial charge < -0.3 is 10.2 Å². The van der Waals surface area contributed by atoms with Crippen molar-refractivity contribution in [1.29, 1.82) is 0 Å². The highest BCUT2D eigenvalue weighted by Gasteiger charge is 2.25. The van der Waals surface area contributed by atoms with Crippen LogP contribution in [0, 0.1) is 5.92 Å². The number of nitrogens with zero attached hydrogens (tertiary/aromatic N) is 2. The van der Waals surface area contributed by atoms with Crippen molar-refractivity contribution in [1.82, 2.24) is 15.2 Å². The molecule has 1 aliphatic rings. The van der Waals surface area contributed by atoms with E-state index in [1.807, 2.05) is 12.4 Å². The van der Waals surface area contributed by atoms with Gasteiger partial charge in [0.2, 0.25) is 0 Å². The van der Waals surface area contributed by atoms with Crippen molar-refractivity contribution < 1.29 is 0 Å². The molecular weight excluding hydrogens is 246 g/mol. The summed E-state index contributed by atoms with van der Waals surface area (Å²) in [5.41, 5.74) is 1.39. The van der Waals surface area contributed by atoms with Crippen LogP contribution in [0.25, 0.3) is 0 Å². The molecular formula is C17H29N3. The van der Waals surface area contributed by atoms with Crippen LogP contribution in [0.3, 0.4) is 0 Å². The van der Waals surface area contributed by atoms with Crippen LogP contribution in [0.15, 0.2) is 24.5 Å². The summed E-state index contributed by atoms with van der Waals surface area (Å²) in [6.45, 7) is 5.68. The van der Waals surface area contributed by atoms with Gasteiger partial charge in [0.1, 0.15) is 0 Å². The fraction of sp³-hybridized carbons (Fsp3) is 0.706. The van der Waals surface area contributed by atoms with Gasteiger partial charge in [0, 0.05) is 31.5 Å². The molecule has 0 amide bonds. The number of nitrogens with one attached hydrogen (secondary N) is 1. The van der Waals surface area contributed by atoms with Crippen LogP contribution in [-0.4, -0.2) is 42.6 Å². The number of rotatable bonds is 7. The van der Waals surface area contributed by atoms with Gasteiger partial charge in [-0.2, -0.15) is 0 Å². The third-order valence-corrected chi connectivity index (χ3v) is 4.45. The summed E-state index contributed by atoms with van der Waals surface area (Å²) in [7, 11) is 2.26. The van der Waals surface area contributed by atoms with Crippen molar-refractivity contribution in [3.63, 3.8) is 0 Å². The lowest BCUT2D eigenvalue weighted by atomic mass is 9.84. The van der Waals surface area contributed by atoms with Crippen molar-refractivity contribution in [2.45, 2.75) is 45.1 Å². The lowest BCUT2D eigenvalue weighted by molar-refractivity contribution is 0.192. The fourth-order valence-corrected chi connectivity index (χ4v) is 3.32. The Morgan fingerprint density at radius 3 is 2.75 bits per heavy atom.